The zero-order chi connectivity index (χ0) is 13.6. The Morgan fingerprint density at radius 3 is 2.17 bits per heavy atom. The zero-order valence-corrected chi connectivity index (χ0v) is 11.9. The number of ether oxygens (including phenoxy) is 1. The van der Waals surface area contributed by atoms with Crippen molar-refractivity contribution in [3.8, 4) is 5.75 Å². The normalized spacial score (nSPS) is 11.7. The number of benzene rings is 1. The van der Waals surface area contributed by atoms with Crippen LogP contribution in [-0.4, -0.2) is 23.4 Å². The summed E-state index contributed by atoms with van der Waals surface area (Å²) in [6.45, 7) is 8.60. The standard InChI is InChI=1S/C15H25NO2/c1-5-15(17,6-2)11-16-13-7-9-14(10-8-13)18-12(3)4/h7-10,12,16-17H,5-6,11H2,1-4H3. The molecule has 0 fully saturated rings. The molecule has 0 atom stereocenters. The molecule has 1 rings (SSSR count). The SMILES string of the molecule is CCC(O)(CC)CNc1ccc(OC(C)C)cc1. The minimum absolute atomic E-state index is 0.189. The van der Waals surface area contributed by atoms with Crippen LogP contribution in [0.2, 0.25) is 0 Å². The number of hydrogen-bond donors (Lipinski definition) is 2. The van der Waals surface area contributed by atoms with E-state index in [0.717, 1.165) is 24.3 Å². The van der Waals surface area contributed by atoms with Crippen molar-refractivity contribution in [3.05, 3.63) is 24.3 Å². The highest BCUT2D eigenvalue weighted by atomic mass is 16.5. The first-order chi connectivity index (χ1) is 8.49. The molecule has 0 aliphatic rings. The van der Waals surface area contributed by atoms with Gasteiger partial charge in [0.2, 0.25) is 0 Å². The average Bonchev–Trinajstić information content (AvgIpc) is 2.37. The van der Waals surface area contributed by atoms with Gasteiger partial charge in [0.05, 0.1) is 11.7 Å². The molecule has 3 nitrogen and oxygen atoms in total. The lowest BCUT2D eigenvalue weighted by atomic mass is 9.97. The number of anilines is 1. The fraction of sp³-hybridized carbons (Fsp3) is 0.600. The van der Waals surface area contributed by atoms with Crippen LogP contribution in [0.25, 0.3) is 0 Å². The predicted molar refractivity (Wildman–Crippen MR) is 76.2 cm³/mol. The third kappa shape index (κ3) is 4.57. The Balaban J connectivity index is 2.53. The molecule has 1 aromatic carbocycles. The number of nitrogens with one attached hydrogen (secondary N) is 1. The van der Waals surface area contributed by atoms with E-state index in [0.29, 0.717) is 6.54 Å². The van der Waals surface area contributed by atoms with E-state index in [1.54, 1.807) is 0 Å². The second kappa shape index (κ2) is 6.64. The Labute approximate surface area is 110 Å². The van der Waals surface area contributed by atoms with E-state index < -0.39 is 5.60 Å². The Morgan fingerprint density at radius 1 is 1.17 bits per heavy atom. The van der Waals surface area contributed by atoms with Crippen molar-refractivity contribution in [1.82, 2.24) is 0 Å². The van der Waals surface area contributed by atoms with Crippen LogP contribution >= 0.6 is 0 Å². The highest BCUT2D eigenvalue weighted by Gasteiger charge is 2.21. The number of aliphatic hydroxyl groups is 1. The van der Waals surface area contributed by atoms with Crippen LogP contribution in [0.3, 0.4) is 0 Å². The van der Waals surface area contributed by atoms with Crippen LogP contribution in [0.5, 0.6) is 5.75 Å². The molecule has 0 aliphatic carbocycles. The molecule has 0 unspecified atom stereocenters. The van der Waals surface area contributed by atoms with E-state index in [1.165, 1.54) is 0 Å². The molecule has 0 spiro atoms. The Hall–Kier alpha value is -1.22. The van der Waals surface area contributed by atoms with Crippen molar-refractivity contribution in [2.24, 2.45) is 0 Å². The van der Waals surface area contributed by atoms with E-state index in [9.17, 15) is 5.11 Å². The van der Waals surface area contributed by atoms with Gasteiger partial charge in [0.25, 0.3) is 0 Å². The van der Waals surface area contributed by atoms with Gasteiger partial charge in [-0.05, 0) is 51.0 Å². The van der Waals surface area contributed by atoms with Crippen LogP contribution in [-0.2, 0) is 0 Å². The van der Waals surface area contributed by atoms with Gasteiger partial charge in [-0.15, -0.1) is 0 Å². The minimum Gasteiger partial charge on any atom is -0.491 e. The molecule has 0 aliphatic heterocycles. The number of rotatable bonds is 7. The summed E-state index contributed by atoms with van der Waals surface area (Å²) in [5, 5.41) is 13.4. The maximum atomic E-state index is 10.2. The van der Waals surface area contributed by atoms with Crippen LogP contribution in [0.15, 0.2) is 24.3 Å². The molecular weight excluding hydrogens is 226 g/mol. The van der Waals surface area contributed by atoms with Gasteiger partial charge in [-0.1, -0.05) is 13.8 Å². The summed E-state index contributed by atoms with van der Waals surface area (Å²) in [6.07, 6.45) is 1.70. The average molecular weight is 251 g/mol. The van der Waals surface area contributed by atoms with E-state index in [1.807, 2.05) is 52.0 Å². The molecule has 0 amide bonds. The maximum absolute atomic E-state index is 10.2. The summed E-state index contributed by atoms with van der Waals surface area (Å²) in [5.74, 6) is 0.872. The molecule has 0 heterocycles. The molecular formula is C15H25NO2. The lowest BCUT2D eigenvalue weighted by molar-refractivity contribution is 0.0457. The largest absolute Gasteiger partial charge is 0.491 e. The monoisotopic (exact) mass is 251 g/mol. The molecule has 0 bridgehead atoms. The van der Waals surface area contributed by atoms with Crippen LogP contribution < -0.4 is 10.1 Å². The summed E-state index contributed by atoms with van der Waals surface area (Å²) >= 11 is 0. The first-order valence-corrected chi connectivity index (χ1v) is 6.72. The molecule has 0 aromatic heterocycles. The lowest BCUT2D eigenvalue weighted by Crippen LogP contribution is -2.35. The Bertz CT molecular complexity index is 342. The highest BCUT2D eigenvalue weighted by Crippen LogP contribution is 2.19. The van der Waals surface area contributed by atoms with E-state index in [-0.39, 0.29) is 6.10 Å². The van der Waals surface area contributed by atoms with Gasteiger partial charge < -0.3 is 15.2 Å². The third-order valence-electron chi connectivity index (χ3n) is 3.16. The predicted octanol–water partition coefficient (Wildman–Crippen LogP) is 3.44. The Morgan fingerprint density at radius 2 is 1.72 bits per heavy atom. The Kier molecular flexibility index (Phi) is 5.48. The van der Waals surface area contributed by atoms with Crippen molar-refractivity contribution in [1.29, 1.82) is 0 Å². The summed E-state index contributed by atoms with van der Waals surface area (Å²) < 4.78 is 5.58. The van der Waals surface area contributed by atoms with E-state index >= 15 is 0 Å². The molecule has 0 saturated heterocycles. The zero-order valence-electron chi connectivity index (χ0n) is 11.9. The second-order valence-corrected chi connectivity index (χ2v) is 4.98. The minimum atomic E-state index is -0.618. The van der Waals surface area contributed by atoms with Crippen LogP contribution in [0, 0.1) is 0 Å². The molecule has 1 aromatic rings. The second-order valence-electron chi connectivity index (χ2n) is 4.98. The van der Waals surface area contributed by atoms with Crippen molar-refractivity contribution in [2.75, 3.05) is 11.9 Å². The van der Waals surface area contributed by atoms with Gasteiger partial charge in [0.15, 0.2) is 0 Å². The van der Waals surface area contributed by atoms with Gasteiger partial charge in [0.1, 0.15) is 5.75 Å². The summed E-state index contributed by atoms with van der Waals surface area (Å²) in [7, 11) is 0. The molecule has 0 radical (unpaired) electrons. The van der Waals surface area contributed by atoms with Gasteiger partial charge in [-0.25, -0.2) is 0 Å². The smallest absolute Gasteiger partial charge is 0.119 e. The van der Waals surface area contributed by atoms with Crippen molar-refractivity contribution in [3.63, 3.8) is 0 Å². The van der Waals surface area contributed by atoms with Crippen LogP contribution in [0.4, 0.5) is 5.69 Å². The van der Waals surface area contributed by atoms with Gasteiger partial charge in [-0.3, -0.25) is 0 Å². The number of hydrogen-bond acceptors (Lipinski definition) is 3. The molecule has 102 valence electrons. The fourth-order valence-electron chi connectivity index (χ4n) is 1.69. The molecule has 2 N–H and O–H groups in total. The maximum Gasteiger partial charge on any atom is 0.119 e. The van der Waals surface area contributed by atoms with E-state index in [2.05, 4.69) is 5.32 Å². The quantitative estimate of drug-likeness (QED) is 0.780. The summed E-state index contributed by atoms with van der Waals surface area (Å²) in [5.41, 5.74) is 0.388. The summed E-state index contributed by atoms with van der Waals surface area (Å²) in [4.78, 5) is 0. The topological polar surface area (TPSA) is 41.5 Å². The summed E-state index contributed by atoms with van der Waals surface area (Å²) in [6, 6.07) is 7.84. The van der Waals surface area contributed by atoms with Gasteiger partial charge in [0, 0.05) is 12.2 Å². The highest BCUT2D eigenvalue weighted by molar-refractivity contribution is 5.46. The fourth-order valence-corrected chi connectivity index (χ4v) is 1.69. The first-order valence-electron chi connectivity index (χ1n) is 6.72. The first kappa shape index (κ1) is 14.8. The molecule has 3 heteroatoms. The molecule has 0 saturated carbocycles. The van der Waals surface area contributed by atoms with Crippen molar-refractivity contribution in [2.45, 2.75) is 52.2 Å². The van der Waals surface area contributed by atoms with Crippen molar-refractivity contribution < 1.29 is 9.84 Å². The molecule has 18 heavy (non-hydrogen) atoms. The van der Waals surface area contributed by atoms with E-state index in [4.69, 9.17) is 4.74 Å². The van der Waals surface area contributed by atoms with Gasteiger partial charge >= 0.3 is 0 Å². The third-order valence-corrected chi connectivity index (χ3v) is 3.16. The lowest BCUT2D eigenvalue weighted by Gasteiger charge is -2.26. The van der Waals surface area contributed by atoms with Gasteiger partial charge in [-0.2, -0.15) is 0 Å². The van der Waals surface area contributed by atoms with Crippen molar-refractivity contribution >= 4 is 5.69 Å². The van der Waals surface area contributed by atoms with Crippen LogP contribution in [0.1, 0.15) is 40.5 Å².